The van der Waals surface area contributed by atoms with Gasteiger partial charge in [0.15, 0.2) is 0 Å². The number of nitrogens with one attached hydrogen (secondary N) is 2. The van der Waals surface area contributed by atoms with Gasteiger partial charge in [-0.1, -0.05) is 19.1 Å². The zero-order valence-electron chi connectivity index (χ0n) is 13.1. The van der Waals surface area contributed by atoms with Gasteiger partial charge in [-0.05, 0) is 51.2 Å². The topological polar surface area (TPSA) is 64.6 Å². The molecule has 0 spiro atoms. The summed E-state index contributed by atoms with van der Waals surface area (Å²) in [5.74, 6) is 0.942. The number of likely N-dealkylation sites (tertiary alicyclic amines) is 1. The predicted octanol–water partition coefficient (Wildman–Crippen LogP) is 1.34. The van der Waals surface area contributed by atoms with Gasteiger partial charge in [0.05, 0.1) is 0 Å². The molecule has 1 saturated heterocycles. The van der Waals surface area contributed by atoms with Crippen molar-refractivity contribution in [2.75, 3.05) is 32.8 Å². The number of aliphatic hydroxyl groups excluding tert-OH is 1. The molecule has 2 aliphatic rings. The van der Waals surface area contributed by atoms with Crippen LogP contribution in [0.3, 0.4) is 0 Å². The van der Waals surface area contributed by atoms with E-state index in [1.807, 2.05) is 12.2 Å². The molecule has 5 nitrogen and oxygen atoms in total. The molecular formula is C16H29N3O2. The Morgan fingerprint density at radius 1 is 1.33 bits per heavy atom. The number of carbonyl (C=O) groups is 1. The number of piperidine rings is 1. The van der Waals surface area contributed by atoms with E-state index in [-0.39, 0.29) is 24.6 Å². The lowest BCUT2D eigenvalue weighted by molar-refractivity contribution is 0.186. The Bertz CT molecular complexity index is 351. The summed E-state index contributed by atoms with van der Waals surface area (Å²) < 4.78 is 0. The molecule has 0 aromatic carbocycles. The average Bonchev–Trinajstić information content (AvgIpc) is 2.95. The molecule has 0 radical (unpaired) electrons. The normalized spacial score (nSPS) is 27.0. The Labute approximate surface area is 127 Å². The van der Waals surface area contributed by atoms with Crippen LogP contribution >= 0.6 is 0 Å². The van der Waals surface area contributed by atoms with Crippen LogP contribution in [0.15, 0.2) is 12.2 Å². The second-order valence-corrected chi connectivity index (χ2v) is 6.24. The molecule has 0 aromatic heterocycles. The van der Waals surface area contributed by atoms with Gasteiger partial charge in [0.1, 0.15) is 0 Å². The van der Waals surface area contributed by atoms with Crippen molar-refractivity contribution in [1.29, 1.82) is 0 Å². The van der Waals surface area contributed by atoms with Crippen molar-refractivity contribution in [3.8, 4) is 0 Å². The number of hydrogen-bond donors (Lipinski definition) is 3. The summed E-state index contributed by atoms with van der Waals surface area (Å²) in [6.07, 6.45) is 8.33. The molecule has 1 aliphatic heterocycles. The van der Waals surface area contributed by atoms with E-state index in [0.29, 0.717) is 0 Å². The summed E-state index contributed by atoms with van der Waals surface area (Å²) in [6.45, 7) is 6.67. The second-order valence-electron chi connectivity index (χ2n) is 6.24. The van der Waals surface area contributed by atoms with Crippen LogP contribution < -0.4 is 10.6 Å². The Kier molecular flexibility index (Phi) is 6.51. The fraction of sp³-hybridized carbons (Fsp3) is 0.812. The molecule has 0 saturated carbocycles. The van der Waals surface area contributed by atoms with Crippen LogP contribution in [0.25, 0.3) is 0 Å². The summed E-state index contributed by atoms with van der Waals surface area (Å²) >= 11 is 0. The number of urea groups is 1. The third-order valence-electron chi connectivity index (χ3n) is 4.72. The summed E-state index contributed by atoms with van der Waals surface area (Å²) in [5, 5.41) is 15.0. The molecule has 21 heavy (non-hydrogen) atoms. The van der Waals surface area contributed by atoms with Crippen LogP contribution in [0.4, 0.5) is 4.79 Å². The molecule has 1 heterocycles. The van der Waals surface area contributed by atoms with E-state index in [2.05, 4.69) is 22.5 Å². The first-order chi connectivity index (χ1) is 10.2. The molecule has 1 fully saturated rings. The van der Waals surface area contributed by atoms with Crippen LogP contribution in [0, 0.1) is 11.8 Å². The molecule has 5 heteroatoms. The molecule has 0 unspecified atom stereocenters. The van der Waals surface area contributed by atoms with Gasteiger partial charge in [-0.15, -0.1) is 0 Å². The summed E-state index contributed by atoms with van der Waals surface area (Å²) in [7, 11) is 0. The highest BCUT2D eigenvalue weighted by atomic mass is 16.3. The first-order valence-corrected chi connectivity index (χ1v) is 8.27. The fourth-order valence-electron chi connectivity index (χ4n) is 3.22. The molecule has 120 valence electrons. The quantitative estimate of drug-likeness (QED) is 0.648. The average molecular weight is 295 g/mol. The molecule has 0 aromatic rings. The maximum Gasteiger partial charge on any atom is 0.315 e. The van der Waals surface area contributed by atoms with E-state index in [1.165, 1.54) is 25.9 Å². The van der Waals surface area contributed by atoms with Gasteiger partial charge in [0.25, 0.3) is 0 Å². The molecular weight excluding hydrogens is 266 g/mol. The maximum absolute atomic E-state index is 11.8. The van der Waals surface area contributed by atoms with Gasteiger partial charge < -0.3 is 20.6 Å². The van der Waals surface area contributed by atoms with Gasteiger partial charge in [-0.3, -0.25) is 0 Å². The minimum atomic E-state index is -0.0887. The van der Waals surface area contributed by atoms with Crippen molar-refractivity contribution in [1.82, 2.24) is 15.5 Å². The van der Waals surface area contributed by atoms with Crippen molar-refractivity contribution < 1.29 is 9.90 Å². The van der Waals surface area contributed by atoms with Crippen LogP contribution in [-0.2, 0) is 0 Å². The largest absolute Gasteiger partial charge is 0.396 e. The van der Waals surface area contributed by atoms with Crippen LogP contribution in [-0.4, -0.2) is 54.9 Å². The van der Waals surface area contributed by atoms with Crippen LogP contribution in [0.5, 0.6) is 0 Å². The van der Waals surface area contributed by atoms with Crippen molar-refractivity contribution in [2.24, 2.45) is 11.8 Å². The Hall–Kier alpha value is -1.07. The SMILES string of the molecule is CCN1CCC(CCNC(=O)N[C@@H]2C=C[C@H](CO)C2)CC1. The van der Waals surface area contributed by atoms with Crippen LogP contribution in [0.2, 0.25) is 0 Å². The van der Waals surface area contributed by atoms with Crippen molar-refractivity contribution >= 4 is 6.03 Å². The fourth-order valence-corrected chi connectivity index (χ4v) is 3.22. The number of hydrogen-bond acceptors (Lipinski definition) is 3. The number of rotatable bonds is 6. The maximum atomic E-state index is 11.8. The highest BCUT2D eigenvalue weighted by Gasteiger charge is 2.20. The lowest BCUT2D eigenvalue weighted by atomic mass is 9.93. The zero-order valence-corrected chi connectivity index (χ0v) is 13.1. The first kappa shape index (κ1) is 16.3. The Morgan fingerprint density at radius 3 is 2.71 bits per heavy atom. The standard InChI is InChI=1S/C16H29N3O2/c1-2-19-9-6-13(7-10-19)5-8-17-16(21)18-15-4-3-14(11-15)12-20/h3-4,13-15,20H,2,5-12H2,1H3,(H2,17,18,21)/t14-,15+/m0/s1. The molecule has 2 amide bonds. The molecule has 3 N–H and O–H groups in total. The predicted molar refractivity (Wildman–Crippen MR) is 84.1 cm³/mol. The van der Waals surface area contributed by atoms with E-state index in [0.717, 1.165) is 31.8 Å². The van der Waals surface area contributed by atoms with Gasteiger partial charge in [0.2, 0.25) is 0 Å². The summed E-state index contributed by atoms with van der Waals surface area (Å²) in [5.41, 5.74) is 0. The number of amides is 2. The Balaban J connectivity index is 1.55. The zero-order chi connectivity index (χ0) is 15.1. The molecule has 1 aliphatic carbocycles. The van der Waals surface area contributed by atoms with Gasteiger partial charge in [-0.25, -0.2) is 4.79 Å². The highest BCUT2D eigenvalue weighted by Crippen LogP contribution is 2.19. The Morgan fingerprint density at radius 2 is 2.10 bits per heavy atom. The smallest absolute Gasteiger partial charge is 0.315 e. The number of aliphatic hydroxyl groups is 1. The highest BCUT2D eigenvalue weighted by molar-refractivity contribution is 5.74. The minimum Gasteiger partial charge on any atom is -0.396 e. The summed E-state index contributed by atoms with van der Waals surface area (Å²) in [4.78, 5) is 14.3. The van der Waals surface area contributed by atoms with Gasteiger partial charge in [0, 0.05) is 25.1 Å². The molecule has 2 atom stereocenters. The van der Waals surface area contributed by atoms with Gasteiger partial charge >= 0.3 is 6.03 Å². The third-order valence-corrected chi connectivity index (χ3v) is 4.72. The van der Waals surface area contributed by atoms with Crippen LogP contribution in [0.1, 0.15) is 32.6 Å². The van der Waals surface area contributed by atoms with Gasteiger partial charge in [-0.2, -0.15) is 0 Å². The van der Waals surface area contributed by atoms with Crippen molar-refractivity contribution in [3.05, 3.63) is 12.2 Å². The summed E-state index contributed by atoms with van der Waals surface area (Å²) in [6, 6.07) is -0.0239. The third kappa shape index (κ3) is 5.32. The van der Waals surface area contributed by atoms with E-state index < -0.39 is 0 Å². The van der Waals surface area contributed by atoms with Crippen molar-refractivity contribution in [2.45, 2.75) is 38.6 Å². The monoisotopic (exact) mass is 295 g/mol. The number of nitrogens with zero attached hydrogens (tertiary/aromatic N) is 1. The van der Waals surface area contributed by atoms with Crippen molar-refractivity contribution in [3.63, 3.8) is 0 Å². The molecule has 2 rings (SSSR count). The molecule has 0 bridgehead atoms. The lowest BCUT2D eigenvalue weighted by Gasteiger charge is -2.31. The van der Waals surface area contributed by atoms with E-state index in [9.17, 15) is 4.79 Å². The van der Waals surface area contributed by atoms with E-state index in [1.54, 1.807) is 0 Å². The first-order valence-electron chi connectivity index (χ1n) is 8.27. The second kappa shape index (κ2) is 8.39. The van der Waals surface area contributed by atoms with E-state index >= 15 is 0 Å². The van der Waals surface area contributed by atoms with E-state index in [4.69, 9.17) is 5.11 Å². The lowest BCUT2D eigenvalue weighted by Crippen LogP contribution is -2.42. The number of carbonyl (C=O) groups excluding carboxylic acids is 1. The minimum absolute atomic E-state index is 0.0648.